The van der Waals surface area contributed by atoms with Crippen LogP contribution in [0, 0.1) is 11.3 Å². The molecule has 0 fully saturated rings. The number of ether oxygens (including phenoxy) is 1. The van der Waals surface area contributed by atoms with Crippen LogP contribution in [0.25, 0.3) is 11.1 Å². The van der Waals surface area contributed by atoms with Gasteiger partial charge >= 0.3 is 0 Å². The van der Waals surface area contributed by atoms with Crippen LogP contribution < -0.4 is 4.74 Å². The summed E-state index contributed by atoms with van der Waals surface area (Å²) in [5, 5.41) is 10.2. The van der Waals surface area contributed by atoms with Crippen molar-refractivity contribution in [1.29, 1.82) is 5.26 Å². The Morgan fingerprint density at radius 2 is 1.80 bits per heavy atom. The van der Waals surface area contributed by atoms with Crippen LogP contribution in [0.4, 0.5) is 0 Å². The van der Waals surface area contributed by atoms with Gasteiger partial charge in [0.05, 0.1) is 40.9 Å². The molecule has 0 saturated heterocycles. The Morgan fingerprint density at radius 3 is 2.45 bits per heavy atom. The van der Waals surface area contributed by atoms with E-state index in [9.17, 15) is 0 Å². The van der Waals surface area contributed by atoms with Crippen molar-refractivity contribution in [2.24, 2.45) is 0 Å². The first-order chi connectivity index (χ1) is 9.58. The number of halogens is 3. The van der Waals surface area contributed by atoms with Gasteiger partial charge in [-0.25, -0.2) is 0 Å². The van der Waals surface area contributed by atoms with Crippen LogP contribution >= 0.6 is 34.8 Å². The summed E-state index contributed by atoms with van der Waals surface area (Å²) in [6.45, 7) is 0. The Hall–Kier alpha value is -1.47. The van der Waals surface area contributed by atoms with Crippen molar-refractivity contribution in [3.05, 3.63) is 45.2 Å². The van der Waals surface area contributed by atoms with Crippen LogP contribution in [0.1, 0.15) is 5.56 Å². The van der Waals surface area contributed by atoms with Crippen molar-refractivity contribution in [1.82, 2.24) is 4.98 Å². The minimum Gasteiger partial charge on any atom is -0.495 e. The zero-order valence-electron chi connectivity index (χ0n) is 10.5. The van der Waals surface area contributed by atoms with Crippen molar-refractivity contribution in [2.45, 2.75) is 6.42 Å². The molecule has 102 valence electrons. The van der Waals surface area contributed by atoms with Gasteiger partial charge in [-0.05, 0) is 12.1 Å². The molecule has 6 heteroatoms. The SMILES string of the molecule is COc1cncc(-c2cc(Cl)c(Cl)cc2Cl)c1CC#N. The van der Waals surface area contributed by atoms with Gasteiger partial charge in [-0.15, -0.1) is 0 Å². The first-order valence-corrected chi connectivity index (χ1v) is 6.74. The van der Waals surface area contributed by atoms with Crippen molar-refractivity contribution in [3.63, 3.8) is 0 Å². The molecule has 0 amide bonds. The molecule has 20 heavy (non-hydrogen) atoms. The van der Waals surface area contributed by atoms with Crippen molar-refractivity contribution >= 4 is 34.8 Å². The fourth-order valence-electron chi connectivity index (χ4n) is 1.87. The fourth-order valence-corrected chi connectivity index (χ4v) is 2.52. The number of rotatable bonds is 3. The zero-order chi connectivity index (χ0) is 14.7. The van der Waals surface area contributed by atoms with E-state index in [1.807, 2.05) is 0 Å². The Morgan fingerprint density at radius 1 is 1.10 bits per heavy atom. The van der Waals surface area contributed by atoms with Crippen LogP contribution in [0.3, 0.4) is 0 Å². The summed E-state index contributed by atoms with van der Waals surface area (Å²) in [5.41, 5.74) is 2.08. The van der Waals surface area contributed by atoms with E-state index < -0.39 is 0 Å². The molecule has 1 aromatic heterocycles. The van der Waals surface area contributed by atoms with E-state index in [0.717, 1.165) is 0 Å². The Balaban J connectivity index is 2.70. The number of hydrogen-bond donors (Lipinski definition) is 0. The van der Waals surface area contributed by atoms with Gasteiger partial charge in [0.25, 0.3) is 0 Å². The Kier molecular flexibility index (Phi) is 4.72. The lowest BCUT2D eigenvalue weighted by molar-refractivity contribution is 0.409. The van der Waals surface area contributed by atoms with Gasteiger partial charge in [0.1, 0.15) is 5.75 Å². The number of nitrogens with zero attached hydrogens (tertiary/aromatic N) is 2. The summed E-state index contributed by atoms with van der Waals surface area (Å²) in [5.74, 6) is 0.534. The predicted molar refractivity (Wildman–Crippen MR) is 80.6 cm³/mol. The molecule has 0 aliphatic heterocycles. The average Bonchev–Trinajstić information content (AvgIpc) is 2.43. The third kappa shape index (κ3) is 2.83. The van der Waals surface area contributed by atoms with Gasteiger partial charge in [-0.1, -0.05) is 34.8 Å². The summed E-state index contributed by atoms with van der Waals surface area (Å²) >= 11 is 18.2. The monoisotopic (exact) mass is 326 g/mol. The standard InChI is InChI=1S/C14H9Cl3N2O/c1-20-14-7-19-6-10(8(14)2-3-18)9-4-12(16)13(17)5-11(9)15/h4-7H,2H2,1H3. The maximum Gasteiger partial charge on any atom is 0.141 e. The molecule has 2 rings (SSSR count). The lowest BCUT2D eigenvalue weighted by atomic mass is 9.99. The summed E-state index contributed by atoms with van der Waals surface area (Å²) in [7, 11) is 1.53. The van der Waals surface area contributed by atoms with Gasteiger partial charge in [-0.2, -0.15) is 5.26 Å². The van der Waals surface area contributed by atoms with Crippen molar-refractivity contribution in [3.8, 4) is 22.9 Å². The predicted octanol–water partition coefficient (Wildman–Crippen LogP) is 4.78. The third-order valence-corrected chi connectivity index (χ3v) is 3.83. The molecule has 0 atom stereocenters. The van der Waals surface area contributed by atoms with E-state index in [-0.39, 0.29) is 6.42 Å². The number of nitriles is 1. The van der Waals surface area contributed by atoms with E-state index in [2.05, 4.69) is 11.1 Å². The third-order valence-electron chi connectivity index (χ3n) is 2.79. The minimum absolute atomic E-state index is 0.178. The van der Waals surface area contributed by atoms with Gasteiger partial charge in [0, 0.05) is 22.9 Å². The highest BCUT2D eigenvalue weighted by molar-refractivity contribution is 6.44. The second-order valence-electron chi connectivity index (χ2n) is 3.95. The largest absolute Gasteiger partial charge is 0.495 e. The first-order valence-electron chi connectivity index (χ1n) is 5.61. The van der Waals surface area contributed by atoms with E-state index >= 15 is 0 Å². The molecule has 0 saturated carbocycles. The lowest BCUT2D eigenvalue weighted by Gasteiger charge is -2.13. The van der Waals surface area contributed by atoms with Gasteiger partial charge in [0.2, 0.25) is 0 Å². The van der Waals surface area contributed by atoms with Gasteiger partial charge in [-0.3, -0.25) is 4.98 Å². The molecule has 1 heterocycles. The summed E-state index contributed by atoms with van der Waals surface area (Å²) in [6, 6.07) is 5.33. The highest BCUT2D eigenvalue weighted by Gasteiger charge is 2.15. The number of hydrogen-bond acceptors (Lipinski definition) is 3. The number of benzene rings is 1. The van der Waals surface area contributed by atoms with Crippen LogP contribution in [0.2, 0.25) is 15.1 Å². The molecule has 1 aromatic carbocycles. The van der Waals surface area contributed by atoms with Crippen LogP contribution in [-0.2, 0) is 6.42 Å². The lowest BCUT2D eigenvalue weighted by Crippen LogP contribution is -1.97. The molecular weight excluding hydrogens is 319 g/mol. The van der Waals surface area contributed by atoms with Crippen LogP contribution in [0.5, 0.6) is 5.75 Å². The van der Waals surface area contributed by atoms with Crippen molar-refractivity contribution < 1.29 is 4.74 Å². The molecule has 2 aromatic rings. The summed E-state index contributed by atoms with van der Waals surface area (Å²) in [4.78, 5) is 4.10. The molecule has 3 nitrogen and oxygen atoms in total. The number of aromatic nitrogens is 1. The molecule has 0 aliphatic rings. The molecule has 0 aliphatic carbocycles. The maximum atomic E-state index is 8.97. The molecule has 0 N–H and O–H groups in total. The summed E-state index contributed by atoms with van der Waals surface area (Å²) in [6.07, 6.45) is 3.36. The highest BCUT2D eigenvalue weighted by Crippen LogP contribution is 2.38. The second-order valence-corrected chi connectivity index (χ2v) is 5.17. The van der Waals surface area contributed by atoms with Crippen LogP contribution in [0.15, 0.2) is 24.5 Å². The van der Waals surface area contributed by atoms with Gasteiger partial charge in [0.15, 0.2) is 0 Å². The van der Waals surface area contributed by atoms with Gasteiger partial charge < -0.3 is 4.74 Å². The first kappa shape index (κ1) is 14.9. The van der Waals surface area contributed by atoms with E-state index in [1.165, 1.54) is 7.11 Å². The van der Waals surface area contributed by atoms with E-state index in [4.69, 9.17) is 44.8 Å². The number of methoxy groups -OCH3 is 1. The quantitative estimate of drug-likeness (QED) is 0.762. The average molecular weight is 328 g/mol. The zero-order valence-corrected chi connectivity index (χ0v) is 12.7. The molecule has 0 spiro atoms. The normalized spacial score (nSPS) is 10.2. The minimum atomic E-state index is 0.178. The molecule has 0 bridgehead atoms. The van der Waals surface area contributed by atoms with E-state index in [1.54, 1.807) is 24.5 Å². The van der Waals surface area contributed by atoms with E-state index in [0.29, 0.717) is 37.5 Å². The molecule has 0 radical (unpaired) electrons. The summed E-state index contributed by atoms with van der Waals surface area (Å²) < 4.78 is 5.24. The smallest absolute Gasteiger partial charge is 0.141 e. The molecule has 0 unspecified atom stereocenters. The Labute approximate surface area is 131 Å². The highest BCUT2D eigenvalue weighted by atomic mass is 35.5. The number of pyridine rings is 1. The second kappa shape index (κ2) is 6.32. The fraction of sp³-hybridized carbons (Fsp3) is 0.143. The topological polar surface area (TPSA) is 45.9 Å². The van der Waals surface area contributed by atoms with Crippen molar-refractivity contribution in [2.75, 3.05) is 7.11 Å². The maximum absolute atomic E-state index is 8.97. The van der Waals surface area contributed by atoms with Crippen LogP contribution in [-0.4, -0.2) is 12.1 Å². The molecular formula is C14H9Cl3N2O. The Bertz CT molecular complexity index is 696.